The van der Waals surface area contributed by atoms with Gasteiger partial charge in [-0.05, 0) is 73.8 Å². The predicted octanol–water partition coefficient (Wildman–Crippen LogP) is 13.2. The summed E-state index contributed by atoms with van der Waals surface area (Å²) >= 11 is 0. The molecule has 0 N–H and O–H groups in total. The van der Waals surface area contributed by atoms with Crippen molar-refractivity contribution in [2.24, 2.45) is 0 Å². The first-order valence-electron chi connectivity index (χ1n) is 18.2. The molecule has 0 amide bonds. The zero-order valence-electron chi connectivity index (χ0n) is 29.5. The summed E-state index contributed by atoms with van der Waals surface area (Å²) in [7, 11) is 0. The molecule has 1 heterocycles. The molecule has 0 aliphatic heterocycles. The van der Waals surface area contributed by atoms with Crippen molar-refractivity contribution in [2.45, 2.75) is 0 Å². The van der Waals surface area contributed by atoms with Gasteiger partial charge in [0.15, 0.2) is 17.5 Å². The lowest BCUT2D eigenvalue weighted by molar-refractivity contribution is 1.07. The van der Waals surface area contributed by atoms with E-state index in [0.29, 0.717) is 17.5 Å². The van der Waals surface area contributed by atoms with E-state index in [4.69, 9.17) is 15.0 Å². The molecule has 54 heavy (non-hydrogen) atoms. The van der Waals surface area contributed by atoms with Gasteiger partial charge in [0, 0.05) is 16.7 Å². The molecule has 0 fully saturated rings. The number of aromatic nitrogens is 3. The summed E-state index contributed by atoms with van der Waals surface area (Å²) in [5.41, 5.74) is 14.2. The smallest absolute Gasteiger partial charge is 0.164 e. The minimum atomic E-state index is 0.623. The normalized spacial score (nSPS) is 11.0. The number of hydrogen-bond donors (Lipinski definition) is 0. The molecule has 0 spiro atoms. The van der Waals surface area contributed by atoms with E-state index in [2.05, 4.69) is 188 Å². The van der Waals surface area contributed by atoms with Crippen LogP contribution in [0.15, 0.2) is 212 Å². The first kappa shape index (κ1) is 32.7. The molecule has 0 aliphatic rings. The summed E-state index contributed by atoms with van der Waals surface area (Å²) in [6.45, 7) is 0. The van der Waals surface area contributed by atoms with Crippen molar-refractivity contribution in [3.63, 3.8) is 0 Å². The van der Waals surface area contributed by atoms with E-state index in [9.17, 15) is 0 Å². The van der Waals surface area contributed by atoms with Gasteiger partial charge >= 0.3 is 0 Å². The fourth-order valence-electron chi connectivity index (χ4n) is 6.92. The maximum atomic E-state index is 5.19. The Kier molecular flexibility index (Phi) is 8.94. The lowest BCUT2D eigenvalue weighted by Gasteiger charge is -2.14. The standard InChI is InChI=1S/C51H35N3/c1-5-14-36(15-6-1)39-24-28-42(29-25-39)49-52-50(43-30-26-40(27-31-43)45-23-13-22-44(34-45)37-16-7-2-8-17-37)54-51(53-49)47-33-32-46(38-18-9-3-10-19-38)35-48(47)41-20-11-4-12-21-41/h1-35H. The van der Waals surface area contributed by atoms with Crippen molar-refractivity contribution < 1.29 is 0 Å². The molecule has 0 saturated carbocycles. The van der Waals surface area contributed by atoms with E-state index >= 15 is 0 Å². The zero-order valence-corrected chi connectivity index (χ0v) is 29.5. The molecule has 3 nitrogen and oxygen atoms in total. The van der Waals surface area contributed by atoms with Crippen LogP contribution in [-0.4, -0.2) is 15.0 Å². The maximum Gasteiger partial charge on any atom is 0.164 e. The average Bonchev–Trinajstić information content (AvgIpc) is 3.27. The van der Waals surface area contributed by atoms with Gasteiger partial charge in [-0.25, -0.2) is 15.0 Å². The van der Waals surface area contributed by atoms with E-state index < -0.39 is 0 Å². The summed E-state index contributed by atoms with van der Waals surface area (Å²) in [5, 5.41) is 0. The van der Waals surface area contributed by atoms with Crippen LogP contribution in [0.1, 0.15) is 0 Å². The summed E-state index contributed by atoms with van der Waals surface area (Å²) in [5.74, 6) is 1.87. The van der Waals surface area contributed by atoms with Crippen molar-refractivity contribution >= 4 is 0 Å². The molecular formula is C51H35N3. The molecule has 9 rings (SSSR count). The average molecular weight is 690 g/mol. The first-order valence-corrected chi connectivity index (χ1v) is 18.2. The Morgan fingerprint density at radius 3 is 0.981 bits per heavy atom. The summed E-state index contributed by atoms with van der Waals surface area (Å²) in [4.78, 5) is 15.5. The molecule has 0 bridgehead atoms. The highest BCUT2D eigenvalue weighted by molar-refractivity contribution is 5.86. The molecule has 8 aromatic carbocycles. The van der Waals surface area contributed by atoms with E-state index in [0.717, 1.165) is 55.6 Å². The summed E-state index contributed by atoms with van der Waals surface area (Å²) in [6, 6.07) is 74.1. The predicted molar refractivity (Wildman–Crippen MR) is 223 cm³/mol. The van der Waals surface area contributed by atoms with Crippen LogP contribution in [0.4, 0.5) is 0 Å². The molecule has 0 saturated heterocycles. The van der Waals surface area contributed by atoms with Gasteiger partial charge in [0.25, 0.3) is 0 Å². The highest BCUT2D eigenvalue weighted by Crippen LogP contribution is 2.36. The molecule has 0 radical (unpaired) electrons. The summed E-state index contributed by atoms with van der Waals surface area (Å²) in [6.07, 6.45) is 0. The van der Waals surface area contributed by atoms with Gasteiger partial charge in [0.2, 0.25) is 0 Å². The zero-order chi connectivity index (χ0) is 36.1. The van der Waals surface area contributed by atoms with Gasteiger partial charge in [-0.15, -0.1) is 0 Å². The van der Waals surface area contributed by atoms with E-state index in [1.54, 1.807) is 0 Å². The topological polar surface area (TPSA) is 38.7 Å². The second kappa shape index (κ2) is 14.8. The molecule has 3 heteroatoms. The van der Waals surface area contributed by atoms with Gasteiger partial charge in [-0.3, -0.25) is 0 Å². The Bertz CT molecular complexity index is 2660. The van der Waals surface area contributed by atoms with E-state index in [-0.39, 0.29) is 0 Å². The quantitative estimate of drug-likeness (QED) is 0.159. The molecule has 1 aromatic heterocycles. The van der Waals surface area contributed by atoms with Crippen molar-refractivity contribution in [3.05, 3.63) is 212 Å². The van der Waals surface area contributed by atoms with Crippen LogP contribution >= 0.6 is 0 Å². The molecule has 0 aliphatic carbocycles. The Morgan fingerprint density at radius 2 is 0.500 bits per heavy atom. The van der Waals surface area contributed by atoms with Crippen LogP contribution in [0.5, 0.6) is 0 Å². The second-order valence-electron chi connectivity index (χ2n) is 13.3. The van der Waals surface area contributed by atoms with Gasteiger partial charge < -0.3 is 0 Å². The van der Waals surface area contributed by atoms with Crippen molar-refractivity contribution in [2.75, 3.05) is 0 Å². The molecule has 254 valence electrons. The summed E-state index contributed by atoms with van der Waals surface area (Å²) < 4.78 is 0. The minimum Gasteiger partial charge on any atom is -0.208 e. The molecule has 9 aromatic rings. The second-order valence-corrected chi connectivity index (χ2v) is 13.3. The third-order valence-corrected chi connectivity index (χ3v) is 9.78. The van der Waals surface area contributed by atoms with Crippen LogP contribution in [0.25, 0.3) is 89.8 Å². The molecular weight excluding hydrogens is 655 g/mol. The van der Waals surface area contributed by atoms with Crippen molar-refractivity contribution in [1.29, 1.82) is 0 Å². The number of rotatable bonds is 8. The Labute approximate surface area is 316 Å². The lowest BCUT2D eigenvalue weighted by Crippen LogP contribution is -2.01. The van der Waals surface area contributed by atoms with Gasteiger partial charge in [0.1, 0.15) is 0 Å². The fraction of sp³-hybridized carbons (Fsp3) is 0. The number of hydrogen-bond acceptors (Lipinski definition) is 3. The fourth-order valence-corrected chi connectivity index (χ4v) is 6.92. The van der Waals surface area contributed by atoms with Crippen LogP contribution in [-0.2, 0) is 0 Å². The van der Waals surface area contributed by atoms with Gasteiger partial charge in [0.05, 0.1) is 0 Å². The van der Waals surface area contributed by atoms with Crippen LogP contribution in [0, 0.1) is 0 Å². The highest BCUT2D eigenvalue weighted by Gasteiger charge is 2.17. The van der Waals surface area contributed by atoms with Crippen LogP contribution in [0.2, 0.25) is 0 Å². The van der Waals surface area contributed by atoms with E-state index in [1.165, 1.54) is 16.7 Å². The third-order valence-electron chi connectivity index (χ3n) is 9.78. The van der Waals surface area contributed by atoms with Gasteiger partial charge in [-0.2, -0.15) is 0 Å². The van der Waals surface area contributed by atoms with Gasteiger partial charge in [-0.1, -0.05) is 194 Å². The molecule has 0 unspecified atom stereocenters. The number of nitrogens with zero attached hydrogens (tertiary/aromatic N) is 3. The Hall–Kier alpha value is -7.23. The van der Waals surface area contributed by atoms with Crippen molar-refractivity contribution in [1.82, 2.24) is 15.0 Å². The minimum absolute atomic E-state index is 0.623. The largest absolute Gasteiger partial charge is 0.208 e. The highest BCUT2D eigenvalue weighted by atomic mass is 15.0. The van der Waals surface area contributed by atoms with E-state index in [1.807, 2.05) is 24.3 Å². The monoisotopic (exact) mass is 689 g/mol. The molecule has 0 atom stereocenters. The van der Waals surface area contributed by atoms with Crippen LogP contribution in [0.3, 0.4) is 0 Å². The lowest BCUT2D eigenvalue weighted by atomic mass is 9.94. The van der Waals surface area contributed by atoms with Crippen molar-refractivity contribution in [3.8, 4) is 89.8 Å². The Morgan fingerprint density at radius 1 is 0.185 bits per heavy atom. The SMILES string of the molecule is c1ccc(-c2ccc(-c3nc(-c4ccc(-c5cccc(-c6ccccc6)c5)cc4)nc(-c4ccc(-c5ccccc5)cc4-c4ccccc4)n3)cc2)cc1. The maximum absolute atomic E-state index is 5.19. The van der Waals surface area contributed by atoms with Crippen LogP contribution < -0.4 is 0 Å². The Balaban J connectivity index is 1.16. The number of benzene rings is 8. The first-order chi connectivity index (χ1) is 26.7. The third kappa shape index (κ3) is 6.87.